The minimum Gasteiger partial charge on any atom is -0.394 e. The van der Waals surface area contributed by atoms with Gasteiger partial charge in [-0.15, -0.1) is 0 Å². The zero-order valence-corrected chi connectivity index (χ0v) is 15.0. The van der Waals surface area contributed by atoms with E-state index in [9.17, 15) is 20.4 Å². The van der Waals surface area contributed by atoms with Crippen molar-refractivity contribution in [1.29, 1.82) is 0 Å². The molecule has 2 aromatic carbocycles. The third-order valence-corrected chi connectivity index (χ3v) is 4.91. The second kappa shape index (κ2) is 8.93. The van der Waals surface area contributed by atoms with Gasteiger partial charge in [-0.05, 0) is 17.5 Å². The molecule has 27 heavy (non-hydrogen) atoms. The predicted molar refractivity (Wildman–Crippen MR) is 99.0 cm³/mol. The van der Waals surface area contributed by atoms with Gasteiger partial charge in [0.15, 0.2) is 0 Å². The van der Waals surface area contributed by atoms with E-state index in [-0.39, 0.29) is 13.0 Å². The van der Waals surface area contributed by atoms with E-state index in [0.29, 0.717) is 6.42 Å². The van der Waals surface area contributed by atoms with E-state index < -0.39 is 36.8 Å². The van der Waals surface area contributed by atoms with Crippen LogP contribution in [-0.4, -0.2) is 63.8 Å². The summed E-state index contributed by atoms with van der Waals surface area (Å²) in [4.78, 5) is 0. The molecule has 4 N–H and O–H groups in total. The molecule has 1 saturated heterocycles. The Bertz CT molecular complexity index is 692. The maximum absolute atomic E-state index is 10.7. The number of aliphatic hydroxyl groups is 4. The third kappa shape index (κ3) is 4.55. The van der Waals surface area contributed by atoms with Gasteiger partial charge in [-0.1, -0.05) is 60.7 Å². The molecule has 6 heteroatoms. The maximum Gasteiger partial charge on any atom is 0.201 e. The molecule has 3 rings (SSSR count). The fourth-order valence-corrected chi connectivity index (χ4v) is 3.39. The van der Waals surface area contributed by atoms with E-state index in [1.165, 1.54) is 0 Å². The van der Waals surface area contributed by atoms with Gasteiger partial charge in [-0.3, -0.25) is 0 Å². The molecule has 1 aliphatic rings. The van der Waals surface area contributed by atoms with Gasteiger partial charge < -0.3 is 29.9 Å². The van der Waals surface area contributed by atoms with E-state index in [4.69, 9.17) is 9.47 Å². The summed E-state index contributed by atoms with van der Waals surface area (Å²) in [5.41, 5.74) is 1.91. The van der Waals surface area contributed by atoms with Crippen molar-refractivity contribution in [2.45, 2.75) is 43.0 Å². The van der Waals surface area contributed by atoms with E-state index in [1.54, 1.807) is 0 Å². The van der Waals surface area contributed by atoms with Crippen molar-refractivity contribution in [2.24, 2.45) is 0 Å². The monoisotopic (exact) mass is 374 g/mol. The minimum absolute atomic E-state index is 0.171. The van der Waals surface area contributed by atoms with Gasteiger partial charge in [0.05, 0.1) is 13.2 Å². The molecule has 0 bridgehead atoms. The molecule has 2 aromatic rings. The van der Waals surface area contributed by atoms with Crippen LogP contribution in [0.3, 0.4) is 0 Å². The fourth-order valence-electron chi connectivity index (χ4n) is 3.39. The molecule has 1 fully saturated rings. The first-order chi connectivity index (χ1) is 13.1. The first-order valence-electron chi connectivity index (χ1n) is 9.10. The molecule has 1 aliphatic heterocycles. The second-order valence-corrected chi connectivity index (χ2v) is 6.82. The van der Waals surface area contributed by atoms with Crippen LogP contribution in [0.5, 0.6) is 0 Å². The lowest BCUT2D eigenvalue weighted by atomic mass is 9.88. The summed E-state index contributed by atoms with van der Waals surface area (Å²) in [5.74, 6) is -1.57. The van der Waals surface area contributed by atoms with E-state index in [1.807, 2.05) is 60.7 Å². The average Bonchev–Trinajstić information content (AvgIpc) is 2.71. The molecule has 6 nitrogen and oxygen atoms in total. The van der Waals surface area contributed by atoms with Crippen LogP contribution in [0.4, 0.5) is 0 Å². The van der Waals surface area contributed by atoms with Crippen LogP contribution in [0.25, 0.3) is 0 Å². The van der Waals surface area contributed by atoms with Crippen molar-refractivity contribution in [3.63, 3.8) is 0 Å². The van der Waals surface area contributed by atoms with Gasteiger partial charge in [0.2, 0.25) is 5.79 Å². The Morgan fingerprint density at radius 1 is 0.852 bits per heavy atom. The van der Waals surface area contributed by atoms with Gasteiger partial charge in [0, 0.05) is 6.42 Å². The Kier molecular flexibility index (Phi) is 6.59. The quantitative estimate of drug-likeness (QED) is 0.568. The molecule has 0 aromatic heterocycles. The molecule has 0 saturated carbocycles. The molecule has 0 spiro atoms. The predicted octanol–water partition coefficient (Wildman–Crippen LogP) is 0.658. The summed E-state index contributed by atoms with van der Waals surface area (Å²) >= 11 is 0. The van der Waals surface area contributed by atoms with Gasteiger partial charge >= 0.3 is 0 Å². The van der Waals surface area contributed by atoms with Crippen LogP contribution in [0.15, 0.2) is 60.7 Å². The van der Waals surface area contributed by atoms with Crippen molar-refractivity contribution in [2.75, 3.05) is 13.2 Å². The summed E-state index contributed by atoms with van der Waals surface area (Å²) in [7, 11) is 0. The molecule has 5 atom stereocenters. The van der Waals surface area contributed by atoms with Gasteiger partial charge in [0.25, 0.3) is 0 Å². The van der Waals surface area contributed by atoms with Crippen molar-refractivity contribution in [3.8, 4) is 0 Å². The first-order valence-corrected chi connectivity index (χ1v) is 9.10. The lowest BCUT2D eigenvalue weighted by molar-refractivity contribution is -0.363. The number of hydrogen-bond acceptors (Lipinski definition) is 6. The number of rotatable bonds is 7. The molecule has 0 unspecified atom stereocenters. The van der Waals surface area contributed by atoms with E-state index >= 15 is 0 Å². The molecule has 0 radical (unpaired) electrons. The fraction of sp³-hybridized carbons (Fsp3) is 0.429. The lowest BCUT2D eigenvalue weighted by Gasteiger charge is -2.48. The van der Waals surface area contributed by atoms with Crippen molar-refractivity contribution in [3.05, 3.63) is 71.8 Å². The second-order valence-electron chi connectivity index (χ2n) is 6.82. The third-order valence-electron chi connectivity index (χ3n) is 4.91. The van der Waals surface area contributed by atoms with Crippen LogP contribution in [-0.2, 0) is 22.3 Å². The summed E-state index contributed by atoms with van der Waals surface area (Å²) in [6, 6.07) is 19.1. The molecular weight excluding hydrogens is 348 g/mol. The molecule has 146 valence electrons. The van der Waals surface area contributed by atoms with Crippen molar-refractivity contribution < 1.29 is 29.9 Å². The minimum atomic E-state index is -1.57. The summed E-state index contributed by atoms with van der Waals surface area (Å²) in [6.07, 6.45) is -4.64. The zero-order chi connectivity index (χ0) is 19.3. The largest absolute Gasteiger partial charge is 0.394 e. The highest BCUT2D eigenvalue weighted by atomic mass is 16.7. The Morgan fingerprint density at radius 3 is 2.04 bits per heavy atom. The van der Waals surface area contributed by atoms with E-state index in [2.05, 4.69) is 0 Å². The van der Waals surface area contributed by atoms with Gasteiger partial charge in [-0.2, -0.15) is 0 Å². The summed E-state index contributed by atoms with van der Waals surface area (Å²) < 4.78 is 11.8. The summed E-state index contributed by atoms with van der Waals surface area (Å²) in [6.45, 7) is -0.252. The van der Waals surface area contributed by atoms with Gasteiger partial charge in [0.1, 0.15) is 24.4 Å². The molecular formula is C21H26O6. The van der Waals surface area contributed by atoms with Crippen LogP contribution in [0, 0.1) is 0 Å². The molecule has 1 heterocycles. The number of ether oxygens (including phenoxy) is 2. The Morgan fingerprint density at radius 2 is 1.44 bits per heavy atom. The van der Waals surface area contributed by atoms with Gasteiger partial charge in [-0.25, -0.2) is 0 Å². The van der Waals surface area contributed by atoms with Crippen LogP contribution < -0.4 is 0 Å². The molecule has 0 aliphatic carbocycles. The highest BCUT2D eigenvalue weighted by Crippen LogP contribution is 2.34. The average molecular weight is 374 g/mol. The van der Waals surface area contributed by atoms with Crippen LogP contribution >= 0.6 is 0 Å². The smallest absolute Gasteiger partial charge is 0.201 e. The standard InChI is InChI=1S/C21H26O6/c22-14-17-18(23)19(24)20(25)21(27-17,13-16-9-5-2-6-10-16)26-12-11-15-7-3-1-4-8-15/h1-10,17-20,22-25H,11-14H2/t17-,18-,19+,20-,21+/m1/s1. The topological polar surface area (TPSA) is 99.4 Å². The Hall–Kier alpha value is -1.80. The number of hydrogen-bond donors (Lipinski definition) is 4. The highest BCUT2D eigenvalue weighted by Gasteiger charge is 2.54. The Labute approximate surface area is 158 Å². The maximum atomic E-state index is 10.7. The first kappa shape index (κ1) is 19.9. The summed E-state index contributed by atoms with van der Waals surface area (Å²) in [5, 5.41) is 40.6. The normalized spacial score (nSPS) is 31.0. The number of aliphatic hydroxyl groups excluding tert-OH is 4. The SMILES string of the molecule is OC[C@H]1O[C@](Cc2ccccc2)(OCCc2ccccc2)[C@H](O)[C@@H](O)[C@@H]1O. The number of benzene rings is 2. The highest BCUT2D eigenvalue weighted by molar-refractivity contribution is 5.18. The van der Waals surface area contributed by atoms with Crippen LogP contribution in [0.2, 0.25) is 0 Å². The van der Waals surface area contributed by atoms with Crippen LogP contribution in [0.1, 0.15) is 11.1 Å². The van der Waals surface area contributed by atoms with Crippen molar-refractivity contribution >= 4 is 0 Å². The zero-order valence-electron chi connectivity index (χ0n) is 15.0. The Balaban J connectivity index is 1.81. The lowest BCUT2D eigenvalue weighted by Crippen LogP contribution is -2.67. The molecule has 0 amide bonds. The van der Waals surface area contributed by atoms with Crippen molar-refractivity contribution in [1.82, 2.24) is 0 Å². The van der Waals surface area contributed by atoms with E-state index in [0.717, 1.165) is 11.1 Å².